The van der Waals surface area contributed by atoms with Gasteiger partial charge in [-0.25, -0.2) is 13.6 Å². The number of rotatable bonds is 2. The third-order valence-corrected chi connectivity index (χ3v) is 2.44. The van der Waals surface area contributed by atoms with Gasteiger partial charge in [-0.1, -0.05) is 6.07 Å². The molecule has 0 heterocycles. The van der Waals surface area contributed by atoms with Gasteiger partial charge in [-0.05, 0) is 34.7 Å². The molecule has 1 aromatic rings. The lowest BCUT2D eigenvalue weighted by Crippen LogP contribution is -2.04. The minimum Gasteiger partial charge on any atom is -0.478 e. The van der Waals surface area contributed by atoms with E-state index < -0.39 is 18.0 Å². The van der Waals surface area contributed by atoms with E-state index in [1.165, 1.54) is 18.2 Å². The second kappa shape index (κ2) is 3.99. The zero-order valence-electron chi connectivity index (χ0n) is 6.30. The van der Waals surface area contributed by atoms with Crippen molar-refractivity contribution in [3.63, 3.8) is 0 Å². The first-order valence-corrected chi connectivity index (χ1v) is 4.41. The Bertz CT molecular complexity index is 339. The Balaban J connectivity index is 3.34. The number of carboxylic acids is 1. The Labute approximate surface area is 86.7 Å². The van der Waals surface area contributed by atoms with Crippen molar-refractivity contribution in [3.05, 3.63) is 32.9 Å². The molecule has 0 aliphatic rings. The van der Waals surface area contributed by atoms with E-state index in [0.717, 1.165) is 0 Å². The summed E-state index contributed by atoms with van der Waals surface area (Å²) < 4.78 is 25.0. The average molecular weight is 298 g/mol. The normalized spacial score (nSPS) is 10.5. The van der Waals surface area contributed by atoms with Gasteiger partial charge < -0.3 is 5.11 Å². The van der Waals surface area contributed by atoms with Gasteiger partial charge in [-0.15, -0.1) is 0 Å². The van der Waals surface area contributed by atoms with Crippen LogP contribution in [0, 0.1) is 3.57 Å². The zero-order valence-corrected chi connectivity index (χ0v) is 8.46. The van der Waals surface area contributed by atoms with E-state index >= 15 is 0 Å². The molecule has 13 heavy (non-hydrogen) atoms. The summed E-state index contributed by atoms with van der Waals surface area (Å²) >= 11 is 1.69. The van der Waals surface area contributed by atoms with Crippen molar-refractivity contribution in [2.24, 2.45) is 0 Å². The molecular weight excluding hydrogens is 293 g/mol. The van der Waals surface area contributed by atoms with Crippen LogP contribution < -0.4 is 0 Å². The Morgan fingerprint density at radius 3 is 2.46 bits per heavy atom. The topological polar surface area (TPSA) is 37.3 Å². The maximum Gasteiger partial charge on any atom is 0.336 e. The van der Waals surface area contributed by atoms with Gasteiger partial charge >= 0.3 is 5.97 Å². The van der Waals surface area contributed by atoms with Gasteiger partial charge in [0.1, 0.15) is 0 Å². The van der Waals surface area contributed by atoms with Crippen molar-refractivity contribution in [2.75, 3.05) is 0 Å². The van der Waals surface area contributed by atoms with Gasteiger partial charge in [0.25, 0.3) is 6.43 Å². The third-order valence-electron chi connectivity index (χ3n) is 1.50. The molecule has 0 aromatic heterocycles. The summed E-state index contributed by atoms with van der Waals surface area (Å²) in [4.78, 5) is 10.5. The highest BCUT2D eigenvalue weighted by Crippen LogP contribution is 2.27. The van der Waals surface area contributed by atoms with Crippen LogP contribution >= 0.6 is 22.6 Å². The molecule has 0 saturated heterocycles. The van der Waals surface area contributed by atoms with E-state index in [2.05, 4.69) is 0 Å². The maximum atomic E-state index is 12.4. The van der Waals surface area contributed by atoms with Gasteiger partial charge in [0.2, 0.25) is 0 Å². The lowest BCUT2D eigenvalue weighted by Gasteiger charge is -2.06. The van der Waals surface area contributed by atoms with Crippen molar-refractivity contribution in [3.8, 4) is 0 Å². The largest absolute Gasteiger partial charge is 0.478 e. The average Bonchev–Trinajstić information content (AvgIpc) is 2.02. The monoisotopic (exact) mass is 298 g/mol. The quantitative estimate of drug-likeness (QED) is 0.852. The molecular formula is C8H5F2IO2. The predicted molar refractivity (Wildman–Crippen MR) is 51.1 cm³/mol. The number of aromatic carboxylic acids is 1. The molecule has 0 spiro atoms. The molecule has 1 N–H and O–H groups in total. The van der Waals surface area contributed by atoms with Crippen LogP contribution in [0.15, 0.2) is 18.2 Å². The number of carbonyl (C=O) groups is 1. The first-order valence-electron chi connectivity index (χ1n) is 3.34. The Morgan fingerprint density at radius 2 is 2.08 bits per heavy atom. The van der Waals surface area contributed by atoms with E-state index in [4.69, 9.17) is 5.11 Å². The van der Waals surface area contributed by atoms with Crippen LogP contribution in [0.4, 0.5) is 8.78 Å². The third kappa shape index (κ3) is 2.15. The van der Waals surface area contributed by atoms with E-state index in [-0.39, 0.29) is 9.13 Å². The van der Waals surface area contributed by atoms with Gasteiger partial charge in [-0.3, -0.25) is 0 Å². The molecule has 5 heteroatoms. The summed E-state index contributed by atoms with van der Waals surface area (Å²) in [6, 6.07) is 4.07. The molecule has 0 aliphatic heterocycles. The van der Waals surface area contributed by atoms with Crippen molar-refractivity contribution >= 4 is 28.6 Å². The summed E-state index contributed by atoms with van der Waals surface area (Å²) in [5.41, 5.74) is -0.738. The van der Waals surface area contributed by atoms with Crippen LogP contribution in [-0.2, 0) is 0 Å². The fourth-order valence-corrected chi connectivity index (χ4v) is 1.68. The highest BCUT2D eigenvalue weighted by atomic mass is 127. The fourth-order valence-electron chi connectivity index (χ4n) is 0.945. The second-order valence-electron chi connectivity index (χ2n) is 2.31. The second-order valence-corrected chi connectivity index (χ2v) is 3.47. The van der Waals surface area contributed by atoms with Crippen LogP contribution in [0.5, 0.6) is 0 Å². The predicted octanol–water partition coefficient (Wildman–Crippen LogP) is 2.93. The van der Waals surface area contributed by atoms with Crippen molar-refractivity contribution < 1.29 is 18.7 Å². The first kappa shape index (κ1) is 10.4. The number of hydrogen-bond acceptors (Lipinski definition) is 1. The highest BCUT2D eigenvalue weighted by molar-refractivity contribution is 14.1. The molecule has 1 rings (SSSR count). The van der Waals surface area contributed by atoms with Crippen LogP contribution in [0.25, 0.3) is 0 Å². The number of carboxylic acid groups (broad SMARTS) is 1. The minimum absolute atomic E-state index is 0.271. The van der Waals surface area contributed by atoms with Crippen molar-refractivity contribution in [2.45, 2.75) is 6.43 Å². The Morgan fingerprint density at radius 1 is 1.46 bits per heavy atom. The summed E-state index contributed by atoms with van der Waals surface area (Å²) in [5, 5.41) is 8.60. The SMILES string of the molecule is O=C(O)c1cccc(I)c1C(F)F. The standard InChI is InChI=1S/C8H5F2IO2/c9-7(10)6-4(8(12)13)2-1-3-5(6)11/h1-3,7H,(H,12,13). The first-order chi connectivity index (χ1) is 6.04. The smallest absolute Gasteiger partial charge is 0.336 e. The van der Waals surface area contributed by atoms with E-state index in [9.17, 15) is 13.6 Å². The van der Waals surface area contributed by atoms with Crippen LogP contribution in [0.1, 0.15) is 22.3 Å². The summed E-state index contributed by atoms with van der Waals surface area (Å²) in [7, 11) is 0. The summed E-state index contributed by atoms with van der Waals surface area (Å²) in [6.45, 7) is 0. The molecule has 1 aromatic carbocycles. The van der Waals surface area contributed by atoms with Gasteiger partial charge in [0.15, 0.2) is 0 Å². The van der Waals surface area contributed by atoms with Crippen molar-refractivity contribution in [1.82, 2.24) is 0 Å². The van der Waals surface area contributed by atoms with Crippen molar-refractivity contribution in [1.29, 1.82) is 0 Å². The molecule has 0 saturated carbocycles. The lowest BCUT2D eigenvalue weighted by molar-refractivity contribution is 0.0684. The Hall–Kier alpha value is -0.720. The minimum atomic E-state index is -2.75. The van der Waals surface area contributed by atoms with Gasteiger partial charge in [0.05, 0.1) is 5.56 Å². The number of hydrogen-bond donors (Lipinski definition) is 1. The lowest BCUT2D eigenvalue weighted by atomic mass is 10.1. The molecule has 0 amide bonds. The molecule has 2 nitrogen and oxygen atoms in total. The number of halogens is 3. The van der Waals surface area contributed by atoms with E-state index in [1.54, 1.807) is 22.6 Å². The molecule has 0 atom stereocenters. The number of alkyl halides is 2. The zero-order chi connectivity index (χ0) is 10.0. The Kier molecular flexibility index (Phi) is 3.18. The molecule has 0 radical (unpaired) electrons. The van der Waals surface area contributed by atoms with E-state index in [0.29, 0.717) is 0 Å². The maximum absolute atomic E-state index is 12.4. The summed E-state index contributed by atoms with van der Waals surface area (Å²) in [5.74, 6) is -1.33. The van der Waals surface area contributed by atoms with Crippen LogP contribution in [-0.4, -0.2) is 11.1 Å². The van der Waals surface area contributed by atoms with E-state index in [1.807, 2.05) is 0 Å². The fraction of sp³-hybridized carbons (Fsp3) is 0.125. The molecule has 0 bridgehead atoms. The summed E-state index contributed by atoms with van der Waals surface area (Å²) in [6.07, 6.45) is -2.75. The molecule has 0 aliphatic carbocycles. The molecule has 0 fully saturated rings. The molecule has 70 valence electrons. The molecule has 0 unspecified atom stereocenters. The highest BCUT2D eigenvalue weighted by Gasteiger charge is 2.20. The van der Waals surface area contributed by atoms with Crippen LogP contribution in [0.3, 0.4) is 0 Å². The van der Waals surface area contributed by atoms with Gasteiger partial charge in [-0.2, -0.15) is 0 Å². The van der Waals surface area contributed by atoms with Gasteiger partial charge in [0, 0.05) is 9.13 Å². The number of benzene rings is 1. The van der Waals surface area contributed by atoms with Crippen LogP contribution in [0.2, 0.25) is 0 Å².